The van der Waals surface area contributed by atoms with E-state index in [1.807, 2.05) is 6.07 Å². The molecule has 106 valence electrons. The fourth-order valence-electron chi connectivity index (χ4n) is 1.74. The number of nitrogen functional groups attached to an aromatic ring is 1. The van der Waals surface area contributed by atoms with Gasteiger partial charge in [-0.2, -0.15) is 5.26 Å². The molecule has 2 N–H and O–H groups in total. The summed E-state index contributed by atoms with van der Waals surface area (Å²) in [7, 11) is 1.67. The minimum Gasteiger partial charge on any atom is -0.484 e. The third kappa shape index (κ3) is 3.74. The number of rotatable bonds is 4. The highest BCUT2D eigenvalue weighted by molar-refractivity contribution is 5.94. The number of nitrogens with zero attached hydrogens (tertiary/aromatic N) is 2. The Bertz CT molecular complexity index is 675. The lowest BCUT2D eigenvalue weighted by Crippen LogP contribution is -2.31. The van der Waals surface area contributed by atoms with Crippen molar-refractivity contribution in [3.05, 3.63) is 54.1 Å². The van der Waals surface area contributed by atoms with Gasteiger partial charge >= 0.3 is 0 Å². The Balaban J connectivity index is 1.98. The van der Waals surface area contributed by atoms with E-state index in [2.05, 4.69) is 0 Å². The lowest BCUT2D eigenvalue weighted by atomic mass is 10.2. The fraction of sp³-hybridized carbons (Fsp3) is 0.125. The summed E-state index contributed by atoms with van der Waals surface area (Å²) in [5.74, 6) is 0.301. The smallest absolute Gasteiger partial charge is 0.264 e. The number of carbonyl (C=O) groups is 1. The average molecular weight is 281 g/mol. The van der Waals surface area contributed by atoms with Crippen molar-refractivity contribution >= 4 is 17.3 Å². The zero-order valence-electron chi connectivity index (χ0n) is 11.6. The van der Waals surface area contributed by atoms with Gasteiger partial charge in [0.25, 0.3) is 5.91 Å². The second kappa shape index (κ2) is 6.44. The molecule has 2 rings (SSSR count). The summed E-state index contributed by atoms with van der Waals surface area (Å²) in [6, 6.07) is 15.7. The van der Waals surface area contributed by atoms with Crippen LogP contribution in [0.2, 0.25) is 0 Å². The van der Waals surface area contributed by atoms with Gasteiger partial charge in [-0.3, -0.25) is 4.79 Å². The quantitative estimate of drug-likeness (QED) is 0.871. The van der Waals surface area contributed by atoms with Crippen LogP contribution in [0.25, 0.3) is 0 Å². The van der Waals surface area contributed by atoms with Crippen molar-refractivity contribution in [1.29, 1.82) is 5.26 Å². The molecule has 0 radical (unpaired) electrons. The maximum absolute atomic E-state index is 12.1. The summed E-state index contributed by atoms with van der Waals surface area (Å²) < 4.78 is 5.41. The van der Waals surface area contributed by atoms with E-state index in [4.69, 9.17) is 15.7 Å². The number of anilines is 2. The summed E-state index contributed by atoms with van der Waals surface area (Å²) in [4.78, 5) is 13.6. The van der Waals surface area contributed by atoms with E-state index in [0.29, 0.717) is 17.0 Å². The Labute approximate surface area is 123 Å². The van der Waals surface area contributed by atoms with Gasteiger partial charge in [0.15, 0.2) is 6.61 Å². The Morgan fingerprint density at radius 2 is 2.00 bits per heavy atom. The lowest BCUT2D eigenvalue weighted by Gasteiger charge is -2.17. The molecule has 1 amide bonds. The second-order valence-electron chi connectivity index (χ2n) is 4.47. The molecular weight excluding hydrogens is 266 g/mol. The first-order valence-electron chi connectivity index (χ1n) is 6.35. The van der Waals surface area contributed by atoms with E-state index in [-0.39, 0.29) is 12.5 Å². The molecule has 0 saturated heterocycles. The van der Waals surface area contributed by atoms with Gasteiger partial charge in [0.2, 0.25) is 0 Å². The standard InChI is InChI=1S/C16H15N3O2/c1-19(14-7-5-13(18)6-8-14)16(20)11-21-15-4-2-3-12(9-15)10-17/h2-9H,11,18H2,1H3. The number of amides is 1. The third-order valence-electron chi connectivity index (χ3n) is 2.98. The van der Waals surface area contributed by atoms with Crippen LogP contribution in [0.5, 0.6) is 5.75 Å². The average Bonchev–Trinajstić information content (AvgIpc) is 2.53. The molecule has 2 aromatic carbocycles. The van der Waals surface area contributed by atoms with E-state index in [9.17, 15) is 4.79 Å². The van der Waals surface area contributed by atoms with Crippen molar-refractivity contribution in [3.8, 4) is 11.8 Å². The molecule has 0 aliphatic heterocycles. The molecule has 0 unspecified atom stereocenters. The highest BCUT2D eigenvalue weighted by atomic mass is 16.5. The van der Waals surface area contributed by atoms with E-state index < -0.39 is 0 Å². The fourth-order valence-corrected chi connectivity index (χ4v) is 1.74. The molecule has 2 aromatic rings. The van der Waals surface area contributed by atoms with Gasteiger partial charge in [0.1, 0.15) is 5.75 Å². The van der Waals surface area contributed by atoms with Crippen molar-refractivity contribution < 1.29 is 9.53 Å². The van der Waals surface area contributed by atoms with Crippen LogP contribution in [0.3, 0.4) is 0 Å². The molecule has 0 aliphatic carbocycles. The number of nitrogens with two attached hydrogens (primary N) is 1. The molecule has 0 aromatic heterocycles. The van der Waals surface area contributed by atoms with Crippen molar-refractivity contribution in [1.82, 2.24) is 0 Å². The van der Waals surface area contributed by atoms with E-state index in [1.165, 1.54) is 4.90 Å². The van der Waals surface area contributed by atoms with Gasteiger partial charge in [0, 0.05) is 18.4 Å². The number of nitriles is 1. The Kier molecular flexibility index (Phi) is 4.42. The Hall–Kier alpha value is -3.00. The first-order chi connectivity index (χ1) is 10.1. The van der Waals surface area contributed by atoms with E-state index >= 15 is 0 Å². The number of hydrogen-bond acceptors (Lipinski definition) is 4. The second-order valence-corrected chi connectivity index (χ2v) is 4.47. The van der Waals surface area contributed by atoms with E-state index in [0.717, 1.165) is 5.69 Å². The summed E-state index contributed by atoms with van der Waals surface area (Å²) in [5.41, 5.74) is 7.49. The predicted octanol–water partition coefficient (Wildman–Crippen LogP) is 2.18. The topological polar surface area (TPSA) is 79.3 Å². The number of benzene rings is 2. The van der Waals surface area contributed by atoms with Crippen LogP contribution in [-0.2, 0) is 4.79 Å². The summed E-state index contributed by atoms with van der Waals surface area (Å²) in [5, 5.41) is 8.81. The van der Waals surface area contributed by atoms with Crippen LogP contribution in [0.15, 0.2) is 48.5 Å². The number of carbonyl (C=O) groups excluding carboxylic acids is 1. The number of hydrogen-bond donors (Lipinski definition) is 1. The summed E-state index contributed by atoms with van der Waals surface area (Å²) in [6.45, 7) is -0.101. The van der Waals surface area contributed by atoms with Crippen LogP contribution in [0.4, 0.5) is 11.4 Å². The van der Waals surface area contributed by atoms with Crippen molar-refractivity contribution in [2.45, 2.75) is 0 Å². The minimum absolute atomic E-state index is 0.101. The first kappa shape index (κ1) is 14.4. The summed E-state index contributed by atoms with van der Waals surface area (Å²) >= 11 is 0. The van der Waals surface area contributed by atoms with Crippen LogP contribution in [-0.4, -0.2) is 19.6 Å². The number of likely N-dealkylation sites (N-methyl/N-ethyl adjacent to an activating group) is 1. The minimum atomic E-state index is -0.192. The zero-order chi connectivity index (χ0) is 15.2. The Morgan fingerprint density at radius 3 is 2.67 bits per heavy atom. The van der Waals surface area contributed by atoms with Crippen molar-refractivity contribution in [2.75, 3.05) is 24.3 Å². The summed E-state index contributed by atoms with van der Waals surface area (Å²) in [6.07, 6.45) is 0. The molecule has 0 atom stereocenters. The molecule has 21 heavy (non-hydrogen) atoms. The highest BCUT2D eigenvalue weighted by Gasteiger charge is 2.11. The maximum atomic E-state index is 12.1. The number of ether oxygens (including phenoxy) is 1. The molecule has 0 heterocycles. The van der Waals surface area contributed by atoms with Gasteiger partial charge in [-0.15, -0.1) is 0 Å². The molecule has 0 spiro atoms. The predicted molar refractivity (Wildman–Crippen MR) is 80.9 cm³/mol. The molecule has 5 nitrogen and oxygen atoms in total. The highest BCUT2D eigenvalue weighted by Crippen LogP contribution is 2.16. The maximum Gasteiger partial charge on any atom is 0.264 e. The van der Waals surface area contributed by atoms with Gasteiger partial charge in [0.05, 0.1) is 11.6 Å². The molecule has 0 aliphatic rings. The van der Waals surface area contributed by atoms with Gasteiger partial charge < -0.3 is 15.4 Å². The van der Waals surface area contributed by atoms with Crippen molar-refractivity contribution in [3.63, 3.8) is 0 Å². The van der Waals surface area contributed by atoms with Crippen molar-refractivity contribution in [2.24, 2.45) is 0 Å². The normalized spacial score (nSPS) is 9.71. The molecule has 5 heteroatoms. The largest absolute Gasteiger partial charge is 0.484 e. The SMILES string of the molecule is CN(C(=O)COc1cccc(C#N)c1)c1ccc(N)cc1. The van der Waals surface area contributed by atoms with Crippen LogP contribution < -0.4 is 15.4 Å². The van der Waals surface area contributed by atoms with Crippen LogP contribution >= 0.6 is 0 Å². The molecular formula is C16H15N3O2. The van der Waals surface area contributed by atoms with Crippen LogP contribution in [0, 0.1) is 11.3 Å². The van der Waals surface area contributed by atoms with Gasteiger partial charge in [-0.25, -0.2) is 0 Å². The zero-order valence-corrected chi connectivity index (χ0v) is 11.6. The molecule has 0 fully saturated rings. The van der Waals surface area contributed by atoms with Gasteiger partial charge in [-0.05, 0) is 42.5 Å². The van der Waals surface area contributed by atoms with E-state index in [1.54, 1.807) is 55.6 Å². The monoisotopic (exact) mass is 281 g/mol. The first-order valence-corrected chi connectivity index (χ1v) is 6.35. The van der Waals surface area contributed by atoms with Gasteiger partial charge in [-0.1, -0.05) is 6.07 Å². The molecule has 0 bridgehead atoms. The molecule has 0 saturated carbocycles. The Morgan fingerprint density at radius 1 is 1.29 bits per heavy atom. The third-order valence-corrected chi connectivity index (χ3v) is 2.98. The van der Waals surface area contributed by atoms with Crippen LogP contribution in [0.1, 0.15) is 5.56 Å². The lowest BCUT2D eigenvalue weighted by molar-refractivity contribution is -0.120.